The van der Waals surface area contributed by atoms with Gasteiger partial charge in [-0.25, -0.2) is 0 Å². The van der Waals surface area contributed by atoms with E-state index in [0.29, 0.717) is 5.56 Å². The van der Waals surface area contributed by atoms with Crippen LogP contribution in [0.3, 0.4) is 0 Å². The van der Waals surface area contributed by atoms with Crippen molar-refractivity contribution in [2.45, 2.75) is 10.8 Å². The molecule has 2 aromatic rings. The third kappa shape index (κ3) is 1.49. The Kier molecular flexibility index (Phi) is 2.67. The fourth-order valence-corrected chi connectivity index (χ4v) is 2.98. The van der Waals surface area contributed by atoms with E-state index in [0.717, 1.165) is 10.1 Å². The predicted molar refractivity (Wildman–Crippen MR) is 61.2 cm³/mol. The molecule has 1 heterocycles. The molecule has 14 heavy (non-hydrogen) atoms. The molecule has 0 fully saturated rings. The van der Waals surface area contributed by atoms with Crippen LogP contribution in [-0.2, 0) is 6.61 Å². The second-order valence-electron chi connectivity index (χ2n) is 2.91. The Balaban J connectivity index is 2.68. The van der Waals surface area contributed by atoms with Crippen molar-refractivity contribution in [3.8, 4) is 5.75 Å². The van der Waals surface area contributed by atoms with Gasteiger partial charge in [-0.1, -0.05) is 6.07 Å². The summed E-state index contributed by atoms with van der Waals surface area (Å²) in [5.41, 5.74) is 0.586. The number of benzene rings is 1. The molecule has 0 unspecified atom stereocenters. The number of aliphatic hydroxyl groups is 1. The summed E-state index contributed by atoms with van der Waals surface area (Å²) in [6.07, 6.45) is 2.01. The molecule has 0 saturated heterocycles. The topological polar surface area (TPSA) is 40.5 Å². The van der Waals surface area contributed by atoms with Gasteiger partial charge in [0, 0.05) is 15.6 Å². The summed E-state index contributed by atoms with van der Waals surface area (Å²) < 4.78 is 2.23. The second-order valence-corrected chi connectivity index (χ2v) is 5.10. The smallest absolute Gasteiger partial charge is 0.129 e. The average Bonchev–Trinajstić information content (AvgIpc) is 2.62. The first kappa shape index (κ1) is 9.83. The molecule has 0 aliphatic heterocycles. The van der Waals surface area contributed by atoms with Crippen LogP contribution in [0.1, 0.15) is 5.56 Å². The van der Waals surface area contributed by atoms with Gasteiger partial charge in [0.25, 0.3) is 0 Å². The van der Waals surface area contributed by atoms with Crippen molar-refractivity contribution in [2.24, 2.45) is 0 Å². The summed E-state index contributed by atoms with van der Waals surface area (Å²) in [4.78, 5) is 0. The third-order valence-electron chi connectivity index (χ3n) is 2.10. The number of rotatable bonds is 2. The molecule has 0 saturated carbocycles. The quantitative estimate of drug-likeness (QED) is 0.774. The van der Waals surface area contributed by atoms with Gasteiger partial charge >= 0.3 is 0 Å². The highest BCUT2D eigenvalue weighted by Crippen LogP contribution is 2.37. The van der Waals surface area contributed by atoms with Crippen molar-refractivity contribution < 1.29 is 10.2 Å². The summed E-state index contributed by atoms with van der Waals surface area (Å²) in [5, 5.41) is 19.6. The van der Waals surface area contributed by atoms with Crippen LogP contribution in [0, 0.1) is 0 Å². The molecule has 2 rings (SSSR count). The van der Waals surface area contributed by atoms with Gasteiger partial charge < -0.3 is 10.2 Å². The van der Waals surface area contributed by atoms with Crippen molar-refractivity contribution >= 4 is 33.2 Å². The maximum Gasteiger partial charge on any atom is 0.129 e. The van der Waals surface area contributed by atoms with Crippen LogP contribution < -0.4 is 0 Å². The van der Waals surface area contributed by atoms with Gasteiger partial charge in [-0.05, 0) is 18.4 Å². The van der Waals surface area contributed by atoms with E-state index in [1.54, 1.807) is 29.2 Å². The minimum absolute atomic E-state index is 0.119. The molecule has 0 amide bonds. The summed E-state index contributed by atoms with van der Waals surface area (Å²) >= 11 is 3.31. The number of aliphatic hydroxyl groups excluding tert-OH is 1. The van der Waals surface area contributed by atoms with Gasteiger partial charge in [0.2, 0.25) is 0 Å². The fourth-order valence-electron chi connectivity index (χ4n) is 1.35. The molecule has 74 valence electrons. The summed E-state index contributed by atoms with van der Waals surface area (Å²) in [7, 11) is 0. The monoisotopic (exact) mass is 226 g/mol. The van der Waals surface area contributed by atoms with Gasteiger partial charge in [0.05, 0.1) is 10.8 Å². The first-order valence-electron chi connectivity index (χ1n) is 4.15. The standard InChI is InChI=1S/C10H10O2S2/c1-13-9-4-7-8(14-9)3-2-6(5-11)10(7)12/h2-4,11-12H,5H2,1H3. The fraction of sp³-hybridized carbons (Fsp3) is 0.200. The van der Waals surface area contributed by atoms with Crippen LogP contribution in [0.5, 0.6) is 5.75 Å². The first-order valence-corrected chi connectivity index (χ1v) is 6.19. The van der Waals surface area contributed by atoms with Crippen molar-refractivity contribution in [3.63, 3.8) is 0 Å². The zero-order valence-electron chi connectivity index (χ0n) is 7.65. The number of phenols is 1. The highest BCUT2D eigenvalue weighted by atomic mass is 32.2. The Morgan fingerprint density at radius 2 is 2.21 bits per heavy atom. The molecule has 0 spiro atoms. The number of thioether (sulfide) groups is 1. The third-order valence-corrected chi connectivity index (χ3v) is 4.27. The Bertz CT molecular complexity index is 462. The van der Waals surface area contributed by atoms with Crippen LogP contribution in [0.4, 0.5) is 0 Å². The summed E-state index contributed by atoms with van der Waals surface area (Å²) in [6.45, 7) is -0.119. The van der Waals surface area contributed by atoms with Gasteiger partial charge in [-0.15, -0.1) is 23.1 Å². The van der Waals surface area contributed by atoms with E-state index in [9.17, 15) is 5.11 Å². The van der Waals surface area contributed by atoms with E-state index in [1.807, 2.05) is 18.4 Å². The van der Waals surface area contributed by atoms with Crippen LogP contribution in [0.15, 0.2) is 22.4 Å². The number of hydrogen-bond acceptors (Lipinski definition) is 4. The van der Waals surface area contributed by atoms with Crippen molar-refractivity contribution in [3.05, 3.63) is 23.8 Å². The zero-order chi connectivity index (χ0) is 10.1. The Hall–Kier alpha value is -0.710. The summed E-state index contributed by atoms with van der Waals surface area (Å²) in [6, 6.07) is 5.66. The largest absolute Gasteiger partial charge is 0.507 e. The second kappa shape index (κ2) is 3.81. The average molecular weight is 226 g/mol. The van der Waals surface area contributed by atoms with Gasteiger partial charge in [-0.2, -0.15) is 0 Å². The number of thiophene rings is 1. The maximum atomic E-state index is 9.80. The minimum atomic E-state index is -0.119. The van der Waals surface area contributed by atoms with E-state index >= 15 is 0 Å². The van der Waals surface area contributed by atoms with Gasteiger partial charge in [0.1, 0.15) is 5.75 Å². The Morgan fingerprint density at radius 1 is 1.43 bits per heavy atom. The Labute approximate surface area is 90.2 Å². The van der Waals surface area contributed by atoms with E-state index in [1.165, 1.54) is 4.21 Å². The lowest BCUT2D eigenvalue weighted by Gasteiger charge is -2.00. The van der Waals surface area contributed by atoms with E-state index < -0.39 is 0 Å². The molecular weight excluding hydrogens is 216 g/mol. The lowest BCUT2D eigenvalue weighted by atomic mass is 10.1. The van der Waals surface area contributed by atoms with Crippen molar-refractivity contribution in [2.75, 3.05) is 6.26 Å². The normalized spacial score (nSPS) is 11.0. The molecule has 1 aromatic carbocycles. The highest BCUT2D eigenvalue weighted by molar-refractivity contribution is 8.00. The van der Waals surface area contributed by atoms with E-state index in [-0.39, 0.29) is 12.4 Å². The predicted octanol–water partition coefficient (Wildman–Crippen LogP) is 2.82. The van der Waals surface area contributed by atoms with Crippen molar-refractivity contribution in [1.82, 2.24) is 0 Å². The lowest BCUT2D eigenvalue weighted by molar-refractivity contribution is 0.276. The molecule has 0 atom stereocenters. The summed E-state index contributed by atoms with van der Waals surface area (Å²) in [5.74, 6) is 0.210. The van der Waals surface area contributed by atoms with Gasteiger partial charge in [-0.3, -0.25) is 0 Å². The van der Waals surface area contributed by atoms with Crippen LogP contribution in [0.25, 0.3) is 10.1 Å². The van der Waals surface area contributed by atoms with Crippen LogP contribution in [-0.4, -0.2) is 16.5 Å². The number of fused-ring (bicyclic) bond motifs is 1. The Morgan fingerprint density at radius 3 is 2.86 bits per heavy atom. The SMILES string of the molecule is CSc1cc2c(O)c(CO)ccc2s1. The zero-order valence-corrected chi connectivity index (χ0v) is 9.28. The van der Waals surface area contributed by atoms with Crippen LogP contribution in [0.2, 0.25) is 0 Å². The highest BCUT2D eigenvalue weighted by Gasteiger charge is 2.08. The maximum absolute atomic E-state index is 9.80. The molecule has 0 aliphatic rings. The molecular formula is C10H10O2S2. The minimum Gasteiger partial charge on any atom is -0.507 e. The lowest BCUT2D eigenvalue weighted by Crippen LogP contribution is -1.82. The van der Waals surface area contributed by atoms with E-state index in [4.69, 9.17) is 5.11 Å². The molecule has 2 nitrogen and oxygen atoms in total. The first-order chi connectivity index (χ1) is 6.76. The van der Waals surface area contributed by atoms with Gasteiger partial charge in [0.15, 0.2) is 0 Å². The molecule has 2 N–H and O–H groups in total. The molecule has 0 radical (unpaired) electrons. The molecule has 4 heteroatoms. The molecule has 1 aromatic heterocycles. The van der Waals surface area contributed by atoms with E-state index in [2.05, 4.69) is 0 Å². The number of aromatic hydroxyl groups is 1. The molecule has 0 bridgehead atoms. The van der Waals surface area contributed by atoms with Crippen molar-refractivity contribution in [1.29, 1.82) is 0 Å². The molecule has 0 aliphatic carbocycles. The number of hydrogen-bond donors (Lipinski definition) is 2. The van der Waals surface area contributed by atoms with Crippen LogP contribution >= 0.6 is 23.1 Å².